The Morgan fingerprint density at radius 2 is 1.81 bits per heavy atom. The summed E-state index contributed by atoms with van der Waals surface area (Å²) in [5.41, 5.74) is 0.377. The fourth-order valence-electron chi connectivity index (χ4n) is 1.05. The van der Waals surface area contributed by atoms with Crippen LogP contribution in [0.3, 0.4) is 0 Å². The Balaban J connectivity index is 2.99. The van der Waals surface area contributed by atoms with E-state index in [1.165, 1.54) is 6.92 Å². The molecule has 1 rings (SSSR count). The molecule has 3 nitrogen and oxygen atoms in total. The lowest BCUT2D eigenvalue weighted by atomic mass is 10.1. The van der Waals surface area contributed by atoms with E-state index in [0.29, 0.717) is 5.56 Å². The highest BCUT2D eigenvalue weighted by atomic mass is 79.9. The van der Waals surface area contributed by atoms with Crippen LogP contribution >= 0.6 is 31.9 Å². The summed E-state index contributed by atoms with van der Waals surface area (Å²) in [7, 11) is -3.40. The Morgan fingerprint density at radius 3 is 2.25 bits per heavy atom. The number of ketones is 1. The van der Waals surface area contributed by atoms with Crippen molar-refractivity contribution in [2.24, 2.45) is 0 Å². The first-order valence-corrected chi connectivity index (χ1v) is 7.96. The molecule has 0 aliphatic carbocycles. The van der Waals surface area contributed by atoms with Crippen molar-refractivity contribution >= 4 is 47.5 Å². The third kappa shape index (κ3) is 3.15. The molecule has 0 spiro atoms. The summed E-state index contributed by atoms with van der Waals surface area (Å²) in [6.07, 6.45) is 0. The molecule has 6 heteroatoms. The fraction of sp³-hybridized carbons (Fsp3) is 0.300. The highest BCUT2D eigenvalue weighted by Gasteiger charge is 2.28. The van der Waals surface area contributed by atoms with Gasteiger partial charge in [-0.1, -0.05) is 50.9 Å². The van der Waals surface area contributed by atoms with Crippen molar-refractivity contribution in [3.8, 4) is 0 Å². The third-order valence-electron chi connectivity index (χ3n) is 2.05. The van der Waals surface area contributed by atoms with Crippen LogP contribution in [0.15, 0.2) is 28.7 Å². The molecule has 0 unspecified atom stereocenters. The maximum atomic E-state index is 11.8. The van der Waals surface area contributed by atoms with Crippen molar-refractivity contribution in [2.75, 3.05) is 5.75 Å². The molecule has 88 valence electrons. The first-order valence-electron chi connectivity index (χ1n) is 4.54. The second-order valence-corrected chi connectivity index (χ2v) is 7.95. The van der Waals surface area contributed by atoms with Crippen LogP contribution < -0.4 is 0 Å². The van der Waals surface area contributed by atoms with E-state index in [-0.39, 0.29) is 5.75 Å². The number of Topliss-reactive ketones (excluding diaryl/α,β-unsaturated/α-hetero) is 1. The standard InChI is InChI=1S/C10H10Br2O3S/c1-2-16(14,15)10(12)9(13)7-3-5-8(11)6-4-7/h3-6,10H,2H2,1H3/t10-/m1/s1. The van der Waals surface area contributed by atoms with Crippen molar-refractivity contribution in [3.63, 3.8) is 0 Å². The lowest BCUT2D eigenvalue weighted by molar-refractivity contribution is 0.101. The normalized spacial score (nSPS) is 13.4. The molecular weight excluding hydrogens is 360 g/mol. The lowest BCUT2D eigenvalue weighted by Crippen LogP contribution is -2.26. The molecule has 0 amide bonds. The van der Waals surface area contributed by atoms with E-state index >= 15 is 0 Å². The molecule has 0 aliphatic heterocycles. The molecule has 16 heavy (non-hydrogen) atoms. The zero-order valence-corrected chi connectivity index (χ0v) is 12.5. The second kappa shape index (κ2) is 5.42. The van der Waals surface area contributed by atoms with Gasteiger partial charge in [0.2, 0.25) is 0 Å². The summed E-state index contributed by atoms with van der Waals surface area (Å²) in [6, 6.07) is 6.58. The van der Waals surface area contributed by atoms with E-state index < -0.39 is 19.8 Å². The summed E-state index contributed by atoms with van der Waals surface area (Å²) in [5.74, 6) is -0.500. The number of sulfone groups is 1. The van der Waals surface area contributed by atoms with Gasteiger partial charge in [-0.05, 0) is 12.1 Å². The van der Waals surface area contributed by atoms with Crippen molar-refractivity contribution in [1.29, 1.82) is 0 Å². The van der Waals surface area contributed by atoms with Gasteiger partial charge in [0.05, 0.1) is 0 Å². The van der Waals surface area contributed by atoms with E-state index in [9.17, 15) is 13.2 Å². The minimum atomic E-state index is -3.40. The van der Waals surface area contributed by atoms with Crippen LogP contribution in [0.5, 0.6) is 0 Å². The Morgan fingerprint density at radius 1 is 1.31 bits per heavy atom. The zero-order valence-electron chi connectivity index (χ0n) is 8.48. The lowest BCUT2D eigenvalue weighted by Gasteiger charge is -2.08. The summed E-state index contributed by atoms with van der Waals surface area (Å²) in [6.45, 7) is 1.51. The highest BCUT2D eigenvalue weighted by Crippen LogP contribution is 2.18. The van der Waals surface area contributed by atoms with Crippen LogP contribution in [0.1, 0.15) is 17.3 Å². The average molecular weight is 370 g/mol. The van der Waals surface area contributed by atoms with Gasteiger partial charge in [0.1, 0.15) is 0 Å². The van der Waals surface area contributed by atoms with Crippen LogP contribution in [0.4, 0.5) is 0 Å². The van der Waals surface area contributed by atoms with Crippen LogP contribution in [-0.4, -0.2) is 24.1 Å². The first kappa shape index (κ1) is 13.9. The number of hydrogen-bond donors (Lipinski definition) is 0. The molecule has 0 saturated heterocycles. The second-order valence-electron chi connectivity index (χ2n) is 3.14. The van der Waals surface area contributed by atoms with Crippen LogP contribution in [0.25, 0.3) is 0 Å². The minimum absolute atomic E-state index is 0.0643. The zero-order chi connectivity index (χ0) is 12.3. The predicted octanol–water partition coefficient (Wildman–Crippen LogP) is 2.79. The molecule has 1 aromatic carbocycles. The van der Waals surface area contributed by atoms with Crippen LogP contribution in [0, 0.1) is 0 Å². The van der Waals surface area contributed by atoms with Gasteiger partial charge in [-0.2, -0.15) is 0 Å². The monoisotopic (exact) mass is 368 g/mol. The van der Waals surface area contributed by atoms with Crippen molar-refractivity contribution < 1.29 is 13.2 Å². The fourth-order valence-corrected chi connectivity index (χ4v) is 3.13. The van der Waals surface area contributed by atoms with E-state index in [4.69, 9.17) is 0 Å². The third-order valence-corrected chi connectivity index (χ3v) is 6.36. The number of halogens is 2. The molecule has 0 heterocycles. The Hall–Kier alpha value is -0.200. The number of hydrogen-bond acceptors (Lipinski definition) is 3. The number of carbonyl (C=O) groups excluding carboxylic acids is 1. The van der Waals surface area contributed by atoms with E-state index in [2.05, 4.69) is 31.9 Å². The molecule has 0 saturated carbocycles. The number of alkyl halides is 1. The first-order chi connectivity index (χ1) is 7.38. The van der Waals surface area contributed by atoms with Gasteiger partial charge in [-0.3, -0.25) is 4.79 Å². The van der Waals surface area contributed by atoms with Gasteiger partial charge in [0.25, 0.3) is 0 Å². The van der Waals surface area contributed by atoms with Gasteiger partial charge in [0.15, 0.2) is 19.8 Å². The van der Waals surface area contributed by atoms with E-state index in [0.717, 1.165) is 4.47 Å². The number of carbonyl (C=O) groups is 1. The molecular formula is C10H10Br2O3S. The molecule has 0 N–H and O–H groups in total. The van der Waals surface area contributed by atoms with E-state index in [1.807, 2.05) is 0 Å². The predicted molar refractivity (Wildman–Crippen MR) is 70.6 cm³/mol. The Bertz CT molecular complexity index is 479. The maximum absolute atomic E-state index is 11.8. The quantitative estimate of drug-likeness (QED) is 0.605. The maximum Gasteiger partial charge on any atom is 0.191 e. The minimum Gasteiger partial charge on any atom is -0.292 e. The molecule has 0 aromatic heterocycles. The molecule has 0 radical (unpaired) electrons. The van der Waals surface area contributed by atoms with Crippen molar-refractivity contribution in [1.82, 2.24) is 0 Å². The highest BCUT2D eigenvalue weighted by molar-refractivity contribution is 9.11. The summed E-state index contributed by atoms with van der Waals surface area (Å²) in [4.78, 5) is 11.8. The average Bonchev–Trinajstić information content (AvgIpc) is 2.28. The van der Waals surface area contributed by atoms with Crippen LogP contribution in [-0.2, 0) is 9.84 Å². The van der Waals surface area contributed by atoms with E-state index in [1.54, 1.807) is 24.3 Å². The molecule has 1 aromatic rings. The van der Waals surface area contributed by atoms with Crippen LogP contribution in [0.2, 0.25) is 0 Å². The van der Waals surface area contributed by atoms with Gasteiger partial charge in [-0.15, -0.1) is 0 Å². The summed E-state index contributed by atoms with van der Waals surface area (Å²) >= 11 is 6.17. The molecule has 0 fully saturated rings. The molecule has 0 bridgehead atoms. The Labute approximate surface area is 111 Å². The number of benzene rings is 1. The number of rotatable bonds is 4. The summed E-state index contributed by atoms with van der Waals surface area (Å²) in [5, 5.41) is 0. The van der Waals surface area contributed by atoms with Gasteiger partial charge in [0, 0.05) is 15.8 Å². The SMILES string of the molecule is CCS(=O)(=O)[C@@H](Br)C(=O)c1ccc(Br)cc1. The largest absolute Gasteiger partial charge is 0.292 e. The van der Waals surface area contributed by atoms with Gasteiger partial charge in [-0.25, -0.2) is 8.42 Å². The summed E-state index contributed by atoms with van der Waals surface area (Å²) < 4.78 is 22.7. The molecule has 0 aliphatic rings. The van der Waals surface area contributed by atoms with Gasteiger partial charge >= 0.3 is 0 Å². The molecule has 1 atom stereocenters. The van der Waals surface area contributed by atoms with Crippen molar-refractivity contribution in [2.45, 2.75) is 11.1 Å². The Kier molecular flexibility index (Phi) is 4.70. The van der Waals surface area contributed by atoms with Crippen molar-refractivity contribution in [3.05, 3.63) is 34.3 Å². The van der Waals surface area contributed by atoms with Gasteiger partial charge < -0.3 is 0 Å². The smallest absolute Gasteiger partial charge is 0.191 e. The topological polar surface area (TPSA) is 51.2 Å².